The number of halogens is 3. The van der Waals surface area contributed by atoms with Crippen molar-refractivity contribution in [1.29, 1.82) is 0 Å². The zero-order chi connectivity index (χ0) is 13.3. The van der Waals surface area contributed by atoms with Crippen LogP contribution in [0.4, 0.5) is 18.9 Å². The van der Waals surface area contributed by atoms with Crippen LogP contribution in [0.1, 0.15) is 31.4 Å². The molecule has 100 valence electrons. The number of nitrogens with two attached hydrogens (primary N) is 1. The van der Waals surface area contributed by atoms with Crippen LogP contribution in [-0.2, 0) is 0 Å². The molecule has 1 aromatic rings. The van der Waals surface area contributed by atoms with Gasteiger partial charge < -0.3 is 10.6 Å². The van der Waals surface area contributed by atoms with E-state index < -0.39 is 12.7 Å². The van der Waals surface area contributed by atoms with E-state index in [9.17, 15) is 13.2 Å². The summed E-state index contributed by atoms with van der Waals surface area (Å²) in [6, 6.07) is 6.82. The summed E-state index contributed by atoms with van der Waals surface area (Å²) >= 11 is 0. The van der Waals surface area contributed by atoms with E-state index >= 15 is 0 Å². The van der Waals surface area contributed by atoms with Crippen molar-refractivity contribution in [1.82, 2.24) is 0 Å². The number of para-hydroxylation sites is 1. The number of anilines is 1. The number of alkyl halides is 3. The third-order valence-electron chi connectivity index (χ3n) is 3.07. The zero-order valence-corrected chi connectivity index (χ0v) is 10.2. The van der Waals surface area contributed by atoms with Crippen LogP contribution in [0.5, 0.6) is 0 Å². The molecule has 0 heterocycles. The van der Waals surface area contributed by atoms with Gasteiger partial charge in [0.1, 0.15) is 6.54 Å². The molecule has 2 nitrogen and oxygen atoms in total. The molecule has 1 aliphatic carbocycles. The Morgan fingerprint density at radius 1 is 1.33 bits per heavy atom. The molecule has 0 saturated heterocycles. The maximum atomic E-state index is 12.6. The molecular formula is C13H17F3N2. The smallest absolute Gasteiger partial charge is 0.359 e. The predicted molar refractivity (Wildman–Crippen MR) is 65.5 cm³/mol. The number of hydrogen-bond acceptors (Lipinski definition) is 2. The van der Waals surface area contributed by atoms with Gasteiger partial charge in [-0.15, -0.1) is 0 Å². The Kier molecular flexibility index (Phi) is 3.52. The molecular weight excluding hydrogens is 241 g/mol. The van der Waals surface area contributed by atoms with E-state index in [4.69, 9.17) is 5.73 Å². The van der Waals surface area contributed by atoms with Crippen LogP contribution in [0, 0.1) is 0 Å². The van der Waals surface area contributed by atoms with Gasteiger partial charge in [-0.1, -0.05) is 18.2 Å². The second kappa shape index (κ2) is 4.80. The number of benzene rings is 1. The first-order chi connectivity index (χ1) is 8.38. The lowest BCUT2D eigenvalue weighted by molar-refractivity contribution is -0.120. The minimum atomic E-state index is -4.19. The lowest BCUT2D eigenvalue weighted by atomic mass is 10.1. The first-order valence-corrected chi connectivity index (χ1v) is 6.06. The Bertz CT molecular complexity index is 411. The van der Waals surface area contributed by atoms with Crippen molar-refractivity contribution in [2.75, 3.05) is 11.4 Å². The average Bonchev–Trinajstić information content (AvgIpc) is 3.08. The maximum absolute atomic E-state index is 12.6. The Balaban J connectivity index is 2.31. The fourth-order valence-electron chi connectivity index (χ4n) is 2.12. The molecule has 0 radical (unpaired) electrons. The van der Waals surface area contributed by atoms with E-state index in [0.29, 0.717) is 5.69 Å². The van der Waals surface area contributed by atoms with Crippen molar-refractivity contribution in [3.8, 4) is 0 Å². The zero-order valence-electron chi connectivity index (χ0n) is 10.2. The fourth-order valence-corrected chi connectivity index (χ4v) is 2.12. The molecule has 1 aromatic carbocycles. The van der Waals surface area contributed by atoms with Crippen LogP contribution in [0.25, 0.3) is 0 Å². The van der Waals surface area contributed by atoms with Crippen molar-refractivity contribution < 1.29 is 13.2 Å². The third-order valence-corrected chi connectivity index (χ3v) is 3.07. The maximum Gasteiger partial charge on any atom is 0.405 e. The SMILES string of the molecule is C[C@@H](N)c1ccccc1N(CC(F)(F)F)C1CC1. The molecule has 0 aliphatic heterocycles. The van der Waals surface area contributed by atoms with Crippen LogP contribution >= 0.6 is 0 Å². The van der Waals surface area contributed by atoms with Gasteiger partial charge in [-0.05, 0) is 31.4 Å². The van der Waals surface area contributed by atoms with Gasteiger partial charge in [-0.3, -0.25) is 0 Å². The minimum absolute atomic E-state index is 0.00604. The summed E-state index contributed by atoms with van der Waals surface area (Å²) in [5, 5.41) is 0. The van der Waals surface area contributed by atoms with Gasteiger partial charge in [0.2, 0.25) is 0 Å². The number of nitrogens with zero attached hydrogens (tertiary/aromatic N) is 1. The van der Waals surface area contributed by atoms with Crippen molar-refractivity contribution >= 4 is 5.69 Å². The van der Waals surface area contributed by atoms with E-state index in [-0.39, 0.29) is 12.1 Å². The first-order valence-electron chi connectivity index (χ1n) is 6.06. The van der Waals surface area contributed by atoms with Crippen molar-refractivity contribution in [3.05, 3.63) is 29.8 Å². The summed E-state index contributed by atoms with van der Waals surface area (Å²) in [5.74, 6) is 0. The Morgan fingerprint density at radius 2 is 1.94 bits per heavy atom. The van der Waals surface area contributed by atoms with Gasteiger partial charge in [0.25, 0.3) is 0 Å². The van der Waals surface area contributed by atoms with Crippen molar-refractivity contribution in [2.45, 2.75) is 38.0 Å². The summed E-state index contributed by atoms with van der Waals surface area (Å²) < 4.78 is 37.9. The van der Waals surface area contributed by atoms with Crippen LogP contribution in [-0.4, -0.2) is 18.8 Å². The highest BCUT2D eigenvalue weighted by Crippen LogP contribution is 2.37. The van der Waals surface area contributed by atoms with Gasteiger partial charge in [0, 0.05) is 17.8 Å². The molecule has 0 amide bonds. The van der Waals surface area contributed by atoms with E-state index in [0.717, 1.165) is 18.4 Å². The minimum Gasteiger partial charge on any atom is -0.359 e. The highest BCUT2D eigenvalue weighted by Gasteiger charge is 2.38. The Hall–Kier alpha value is -1.23. The molecule has 0 unspecified atom stereocenters. The Labute approximate surface area is 105 Å². The molecule has 1 fully saturated rings. The van der Waals surface area contributed by atoms with Crippen LogP contribution in [0.2, 0.25) is 0 Å². The van der Waals surface area contributed by atoms with Crippen LogP contribution in [0.15, 0.2) is 24.3 Å². The third kappa shape index (κ3) is 3.16. The number of rotatable bonds is 4. The largest absolute Gasteiger partial charge is 0.405 e. The Morgan fingerprint density at radius 3 is 2.44 bits per heavy atom. The summed E-state index contributed by atoms with van der Waals surface area (Å²) in [6.07, 6.45) is -2.54. The molecule has 0 aromatic heterocycles. The number of hydrogen-bond donors (Lipinski definition) is 1. The summed E-state index contributed by atoms with van der Waals surface area (Å²) in [4.78, 5) is 1.44. The van der Waals surface area contributed by atoms with Crippen molar-refractivity contribution in [2.24, 2.45) is 5.73 Å². The average molecular weight is 258 g/mol. The van der Waals surface area contributed by atoms with E-state index in [1.54, 1.807) is 31.2 Å². The summed E-state index contributed by atoms with van der Waals surface area (Å²) in [7, 11) is 0. The quantitative estimate of drug-likeness (QED) is 0.898. The normalized spacial score (nSPS) is 17.6. The predicted octanol–water partition coefficient (Wildman–Crippen LogP) is 3.24. The van der Waals surface area contributed by atoms with Crippen LogP contribution in [0.3, 0.4) is 0 Å². The lowest BCUT2D eigenvalue weighted by Gasteiger charge is -2.29. The van der Waals surface area contributed by atoms with Gasteiger partial charge >= 0.3 is 6.18 Å². The van der Waals surface area contributed by atoms with E-state index in [2.05, 4.69) is 0 Å². The summed E-state index contributed by atoms with van der Waals surface area (Å²) in [5.41, 5.74) is 7.22. The fraction of sp³-hybridized carbons (Fsp3) is 0.538. The molecule has 1 atom stereocenters. The first kappa shape index (κ1) is 13.2. The molecule has 5 heteroatoms. The van der Waals surface area contributed by atoms with Gasteiger partial charge in [0.05, 0.1) is 0 Å². The molecule has 1 saturated carbocycles. The van der Waals surface area contributed by atoms with Crippen molar-refractivity contribution in [3.63, 3.8) is 0 Å². The molecule has 0 bridgehead atoms. The van der Waals surface area contributed by atoms with E-state index in [1.807, 2.05) is 0 Å². The molecule has 2 rings (SSSR count). The second-order valence-electron chi connectivity index (χ2n) is 4.82. The molecule has 18 heavy (non-hydrogen) atoms. The van der Waals surface area contributed by atoms with Gasteiger partial charge in [-0.25, -0.2) is 0 Å². The monoisotopic (exact) mass is 258 g/mol. The second-order valence-corrected chi connectivity index (χ2v) is 4.82. The van der Waals surface area contributed by atoms with Gasteiger partial charge in [-0.2, -0.15) is 13.2 Å². The summed E-state index contributed by atoms with van der Waals surface area (Å²) in [6.45, 7) is 0.888. The van der Waals surface area contributed by atoms with E-state index in [1.165, 1.54) is 4.90 Å². The lowest BCUT2D eigenvalue weighted by Crippen LogP contribution is -2.37. The van der Waals surface area contributed by atoms with Gasteiger partial charge in [0.15, 0.2) is 0 Å². The molecule has 0 spiro atoms. The molecule has 2 N–H and O–H groups in total. The standard InChI is InChI=1S/C13H17F3N2/c1-9(17)11-4-2-3-5-12(11)18(10-6-7-10)8-13(14,15)16/h2-5,9-10H,6-8,17H2,1H3/t9-/m1/s1. The topological polar surface area (TPSA) is 29.3 Å². The molecule has 1 aliphatic rings. The van der Waals surface area contributed by atoms with Crippen LogP contribution < -0.4 is 10.6 Å². The highest BCUT2D eigenvalue weighted by atomic mass is 19.4. The highest BCUT2D eigenvalue weighted by molar-refractivity contribution is 5.56.